The van der Waals surface area contributed by atoms with Gasteiger partial charge in [0.05, 0.1) is 3.79 Å². The quantitative estimate of drug-likeness (QED) is 0.603. The highest BCUT2D eigenvalue weighted by atomic mass is 79.9. The lowest BCUT2D eigenvalue weighted by atomic mass is 10.7. The molecule has 1 aromatic heterocycles. The van der Waals surface area contributed by atoms with Crippen molar-refractivity contribution in [1.29, 1.82) is 0 Å². The molecule has 0 aliphatic rings. The van der Waals surface area contributed by atoms with Crippen LogP contribution >= 0.6 is 39.7 Å². The van der Waals surface area contributed by atoms with E-state index in [9.17, 15) is 0 Å². The SMILES string of the molecule is Brc1cccs1.Cl. The Morgan fingerprint density at radius 3 is 2.43 bits per heavy atom. The lowest BCUT2D eigenvalue weighted by molar-refractivity contribution is 1.97. The summed E-state index contributed by atoms with van der Waals surface area (Å²) in [5.41, 5.74) is 0. The van der Waals surface area contributed by atoms with Gasteiger partial charge in [-0.2, -0.15) is 0 Å². The van der Waals surface area contributed by atoms with E-state index < -0.39 is 0 Å². The van der Waals surface area contributed by atoms with Gasteiger partial charge < -0.3 is 0 Å². The van der Waals surface area contributed by atoms with Gasteiger partial charge in [-0.15, -0.1) is 23.7 Å². The fourth-order valence-electron chi connectivity index (χ4n) is 0.259. The largest absolute Gasteiger partial charge is 0.147 e. The van der Waals surface area contributed by atoms with Gasteiger partial charge in [0.25, 0.3) is 0 Å². The Morgan fingerprint density at radius 1 is 1.57 bits per heavy atom. The van der Waals surface area contributed by atoms with Crippen molar-refractivity contribution >= 4 is 39.7 Å². The molecule has 0 saturated heterocycles. The molecule has 1 aromatic rings. The average Bonchev–Trinajstić information content (AvgIpc) is 1.86. The van der Waals surface area contributed by atoms with E-state index in [1.807, 2.05) is 17.5 Å². The van der Waals surface area contributed by atoms with Crippen LogP contribution in [0, 0.1) is 0 Å². The first-order chi connectivity index (χ1) is 2.89. The number of thiophene rings is 1. The maximum atomic E-state index is 3.30. The molecule has 0 unspecified atom stereocenters. The summed E-state index contributed by atoms with van der Waals surface area (Å²) >= 11 is 4.99. The van der Waals surface area contributed by atoms with Gasteiger partial charge in [-0.3, -0.25) is 0 Å². The van der Waals surface area contributed by atoms with Crippen LogP contribution in [0.5, 0.6) is 0 Å². The number of rotatable bonds is 0. The fourth-order valence-corrected chi connectivity index (χ4v) is 1.18. The summed E-state index contributed by atoms with van der Waals surface area (Å²) in [6.07, 6.45) is 0. The highest BCUT2D eigenvalue weighted by molar-refractivity contribution is 9.11. The summed E-state index contributed by atoms with van der Waals surface area (Å²) in [5, 5.41) is 2.03. The summed E-state index contributed by atoms with van der Waals surface area (Å²) in [6, 6.07) is 4.03. The molecule has 1 heterocycles. The van der Waals surface area contributed by atoms with E-state index in [2.05, 4.69) is 15.9 Å². The van der Waals surface area contributed by atoms with Crippen molar-refractivity contribution in [2.24, 2.45) is 0 Å². The summed E-state index contributed by atoms with van der Waals surface area (Å²) in [7, 11) is 0. The third-order valence-electron chi connectivity index (χ3n) is 0.486. The number of halogens is 2. The van der Waals surface area contributed by atoms with Crippen molar-refractivity contribution < 1.29 is 0 Å². The van der Waals surface area contributed by atoms with Crippen LogP contribution in [-0.4, -0.2) is 0 Å². The topological polar surface area (TPSA) is 0 Å². The average molecular weight is 200 g/mol. The summed E-state index contributed by atoms with van der Waals surface area (Å²) < 4.78 is 1.20. The second kappa shape index (κ2) is 3.47. The minimum Gasteiger partial charge on any atom is -0.147 e. The number of hydrogen-bond donors (Lipinski definition) is 0. The highest BCUT2D eigenvalue weighted by Gasteiger charge is 1.77. The van der Waals surface area contributed by atoms with Gasteiger partial charge in [0, 0.05) is 0 Å². The molecule has 0 aromatic carbocycles. The minimum absolute atomic E-state index is 0. The fraction of sp³-hybridized carbons (Fsp3) is 0. The van der Waals surface area contributed by atoms with Gasteiger partial charge in [-0.25, -0.2) is 0 Å². The molecule has 0 spiro atoms. The van der Waals surface area contributed by atoms with Crippen LogP contribution in [0.1, 0.15) is 0 Å². The Bertz CT molecular complexity index is 115. The molecule has 0 amide bonds. The van der Waals surface area contributed by atoms with Crippen LogP contribution in [0.25, 0.3) is 0 Å². The third-order valence-corrected chi connectivity index (χ3v) is 1.97. The summed E-state index contributed by atoms with van der Waals surface area (Å²) in [6.45, 7) is 0. The van der Waals surface area contributed by atoms with Crippen LogP contribution in [0.3, 0.4) is 0 Å². The van der Waals surface area contributed by atoms with Crippen LogP contribution < -0.4 is 0 Å². The molecule has 1 rings (SSSR count). The maximum absolute atomic E-state index is 3.30. The number of hydrogen-bond acceptors (Lipinski definition) is 1. The molecular formula is C4H4BrClS. The van der Waals surface area contributed by atoms with Crippen LogP contribution in [0.4, 0.5) is 0 Å². The third kappa shape index (κ3) is 2.32. The summed E-state index contributed by atoms with van der Waals surface area (Å²) in [5.74, 6) is 0. The van der Waals surface area contributed by atoms with E-state index in [1.54, 1.807) is 11.3 Å². The molecule has 0 radical (unpaired) electrons. The lowest BCUT2D eigenvalue weighted by Gasteiger charge is -1.62. The Kier molecular flexibility index (Phi) is 3.70. The first-order valence-electron chi connectivity index (χ1n) is 1.58. The zero-order valence-electron chi connectivity index (χ0n) is 3.43. The second-order valence-corrected chi connectivity index (χ2v) is 3.24. The van der Waals surface area contributed by atoms with E-state index in [0.717, 1.165) is 0 Å². The predicted octanol–water partition coefficient (Wildman–Crippen LogP) is 2.93. The van der Waals surface area contributed by atoms with Crippen molar-refractivity contribution in [3.63, 3.8) is 0 Å². The molecule has 0 N–H and O–H groups in total. The van der Waals surface area contributed by atoms with Crippen LogP contribution in [0.15, 0.2) is 21.3 Å². The normalized spacial score (nSPS) is 7.57. The Balaban J connectivity index is 0.000000360. The zero-order chi connectivity index (χ0) is 4.41. The lowest BCUT2D eigenvalue weighted by Crippen LogP contribution is -1.29. The van der Waals surface area contributed by atoms with E-state index in [1.165, 1.54) is 3.79 Å². The van der Waals surface area contributed by atoms with E-state index in [0.29, 0.717) is 0 Å². The second-order valence-electron chi connectivity index (χ2n) is 0.917. The first-order valence-corrected chi connectivity index (χ1v) is 3.26. The van der Waals surface area contributed by atoms with E-state index in [4.69, 9.17) is 0 Å². The molecule has 0 aliphatic heterocycles. The summed E-state index contributed by atoms with van der Waals surface area (Å²) in [4.78, 5) is 0. The Morgan fingerprint density at radius 2 is 2.29 bits per heavy atom. The van der Waals surface area contributed by atoms with Crippen molar-refractivity contribution in [2.75, 3.05) is 0 Å². The molecule has 40 valence electrons. The van der Waals surface area contributed by atoms with Gasteiger partial charge in [0.1, 0.15) is 0 Å². The van der Waals surface area contributed by atoms with Crippen molar-refractivity contribution in [1.82, 2.24) is 0 Å². The predicted molar refractivity (Wildman–Crippen MR) is 39.3 cm³/mol. The maximum Gasteiger partial charge on any atom is 0.0698 e. The monoisotopic (exact) mass is 198 g/mol. The van der Waals surface area contributed by atoms with Gasteiger partial charge in [0.15, 0.2) is 0 Å². The molecule has 0 fully saturated rings. The molecular weight excluding hydrogens is 195 g/mol. The molecule has 0 aliphatic carbocycles. The molecule has 0 saturated carbocycles. The van der Waals surface area contributed by atoms with Crippen molar-refractivity contribution in [3.8, 4) is 0 Å². The molecule has 0 bridgehead atoms. The molecule has 7 heavy (non-hydrogen) atoms. The van der Waals surface area contributed by atoms with E-state index >= 15 is 0 Å². The van der Waals surface area contributed by atoms with Gasteiger partial charge in [-0.1, -0.05) is 6.07 Å². The van der Waals surface area contributed by atoms with Crippen molar-refractivity contribution in [2.45, 2.75) is 0 Å². The molecule has 0 nitrogen and oxygen atoms in total. The highest BCUT2D eigenvalue weighted by Crippen LogP contribution is 2.14. The first kappa shape index (κ1) is 7.47. The van der Waals surface area contributed by atoms with Crippen LogP contribution in [0.2, 0.25) is 0 Å². The van der Waals surface area contributed by atoms with Gasteiger partial charge in [0.2, 0.25) is 0 Å². The van der Waals surface area contributed by atoms with E-state index in [-0.39, 0.29) is 12.4 Å². The van der Waals surface area contributed by atoms with Gasteiger partial charge >= 0.3 is 0 Å². The minimum atomic E-state index is 0. The van der Waals surface area contributed by atoms with Crippen LogP contribution in [-0.2, 0) is 0 Å². The standard InChI is InChI=1S/C4H3BrS.ClH/c5-4-2-1-3-6-4;/h1-3H;1H. The van der Waals surface area contributed by atoms with Crippen molar-refractivity contribution in [3.05, 3.63) is 21.3 Å². The smallest absolute Gasteiger partial charge is 0.0698 e. The molecule has 0 atom stereocenters. The Labute approximate surface area is 61.1 Å². The van der Waals surface area contributed by atoms with Gasteiger partial charge in [-0.05, 0) is 27.4 Å². The Hall–Kier alpha value is 0.470. The zero-order valence-corrected chi connectivity index (χ0v) is 6.65. The molecule has 3 heteroatoms.